The van der Waals surface area contributed by atoms with Crippen LogP contribution in [-0.2, 0) is 4.79 Å². The molecule has 5 heteroatoms. The second-order valence-electron chi connectivity index (χ2n) is 6.15. The number of aliphatic carboxylic acids is 1. The second-order valence-corrected chi connectivity index (χ2v) is 6.15. The fourth-order valence-corrected chi connectivity index (χ4v) is 3.37. The van der Waals surface area contributed by atoms with Gasteiger partial charge in [-0.15, -0.1) is 0 Å². The molecule has 0 spiro atoms. The lowest BCUT2D eigenvalue weighted by Gasteiger charge is -2.37. The summed E-state index contributed by atoms with van der Waals surface area (Å²) >= 11 is 0. The van der Waals surface area contributed by atoms with E-state index in [2.05, 4.69) is 0 Å². The molecule has 0 radical (unpaired) electrons. The van der Waals surface area contributed by atoms with Gasteiger partial charge in [-0.1, -0.05) is 30.3 Å². The van der Waals surface area contributed by atoms with E-state index in [9.17, 15) is 18.7 Å². The highest BCUT2D eigenvalue weighted by Crippen LogP contribution is 2.34. The SMILES string of the molecule is O=C(O)C1CCCN(C(c2ccc(F)cc2)c2ccccc2F)C1. The number of hydrogen-bond acceptors (Lipinski definition) is 2. The summed E-state index contributed by atoms with van der Waals surface area (Å²) in [5.41, 5.74) is 1.24. The number of nitrogens with zero attached hydrogens (tertiary/aromatic N) is 1. The lowest BCUT2D eigenvalue weighted by atomic mass is 9.91. The predicted molar refractivity (Wildman–Crippen MR) is 86.6 cm³/mol. The third kappa shape index (κ3) is 3.46. The summed E-state index contributed by atoms with van der Waals surface area (Å²) in [5.74, 6) is -1.99. The van der Waals surface area contributed by atoms with Gasteiger partial charge in [-0.25, -0.2) is 8.78 Å². The van der Waals surface area contributed by atoms with E-state index in [1.165, 1.54) is 18.2 Å². The number of carbonyl (C=O) groups is 1. The van der Waals surface area contributed by atoms with Gasteiger partial charge >= 0.3 is 5.97 Å². The number of benzene rings is 2. The molecule has 3 nitrogen and oxygen atoms in total. The molecule has 0 bridgehead atoms. The lowest BCUT2D eigenvalue weighted by Crippen LogP contribution is -2.41. The number of hydrogen-bond donors (Lipinski definition) is 1. The molecule has 1 N–H and O–H groups in total. The molecule has 1 fully saturated rings. The van der Waals surface area contributed by atoms with E-state index in [-0.39, 0.29) is 11.6 Å². The van der Waals surface area contributed by atoms with Gasteiger partial charge in [-0.3, -0.25) is 9.69 Å². The van der Waals surface area contributed by atoms with Crippen molar-refractivity contribution in [3.8, 4) is 0 Å². The van der Waals surface area contributed by atoms with Crippen molar-refractivity contribution < 1.29 is 18.7 Å². The standard InChI is InChI=1S/C19H19F2NO2/c20-15-9-7-13(8-10-15)18(16-5-1-2-6-17(16)21)22-11-3-4-14(12-22)19(23)24/h1-2,5-10,14,18H,3-4,11-12H2,(H,23,24). The Kier molecular flexibility index (Phi) is 4.90. The Balaban J connectivity index is 2.00. The molecule has 2 atom stereocenters. The summed E-state index contributed by atoms with van der Waals surface area (Å²) in [6, 6.07) is 12.0. The zero-order chi connectivity index (χ0) is 17.1. The minimum Gasteiger partial charge on any atom is -0.481 e. The molecule has 0 amide bonds. The molecule has 1 aliphatic rings. The van der Waals surface area contributed by atoms with Crippen molar-refractivity contribution in [2.45, 2.75) is 18.9 Å². The summed E-state index contributed by atoms with van der Waals surface area (Å²) in [4.78, 5) is 13.3. The van der Waals surface area contributed by atoms with E-state index in [1.807, 2.05) is 4.90 Å². The third-order valence-corrected chi connectivity index (χ3v) is 4.55. The highest BCUT2D eigenvalue weighted by atomic mass is 19.1. The average Bonchev–Trinajstić information content (AvgIpc) is 2.59. The van der Waals surface area contributed by atoms with Gasteiger partial charge in [-0.2, -0.15) is 0 Å². The Labute approximate surface area is 139 Å². The Hall–Kier alpha value is -2.27. The topological polar surface area (TPSA) is 40.5 Å². The minimum absolute atomic E-state index is 0.343. The summed E-state index contributed by atoms with van der Waals surface area (Å²) < 4.78 is 27.7. The van der Waals surface area contributed by atoms with Crippen molar-refractivity contribution in [2.75, 3.05) is 13.1 Å². The highest BCUT2D eigenvalue weighted by Gasteiger charge is 2.32. The van der Waals surface area contributed by atoms with Gasteiger partial charge in [0.25, 0.3) is 0 Å². The van der Waals surface area contributed by atoms with E-state index >= 15 is 0 Å². The number of piperidine rings is 1. The Morgan fingerprint density at radius 3 is 2.50 bits per heavy atom. The number of likely N-dealkylation sites (tertiary alicyclic amines) is 1. The molecule has 126 valence electrons. The van der Waals surface area contributed by atoms with Crippen molar-refractivity contribution in [1.29, 1.82) is 0 Å². The van der Waals surface area contributed by atoms with Crippen LogP contribution in [0.5, 0.6) is 0 Å². The first-order valence-electron chi connectivity index (χ1n) is 8.03. The van der Waals surface area contributed by atoms with Crippen LogP contribution in [0.25, 0.3) is 0 Å². The fraction of sp³-hybridized carbons (Fsp3) is 0.316. The van der Waals surface area contributed by atoms with Crippen molar-refractivity contribution in [1.82, 2.24) is 4.90 Å². The summed E-state index contributed by atoms with van der Waals surface area (Å²) in [6.45, 7) is 1.03. The maximum absolute atomic E-state index is 14.4. The van der Waals surface area contributed by atoms with E-state index in [1.54, 1.807) is 30.3 Å². The van der Waals surface area contributed by atoms with Crippen LogP contribution in [0, 0.1) is 17.6 Å². The van der Waals surface area contributed by atoms with Crippen LogP contribution in [0.4, 0.5) is 8.78 Å². The molecule has 1 saturated heterocycles. The maximum atomic E-state index is 14.4. The van der Waals surface area contributed by atoms with Crippen LogP contribution in [0.1, 0.15) is 30.0 Å². The first kappa shape index (κ1) is 16.6. The van der Waals surface area contributed by atoms with Crippen molar-refractivity contribution in [3.05, 3.63) is 71.3 Å². The monoisotopic (exact) mass is 331 g/mol. The largest absolute Gasteiger partial charge is 0.481 e. The molecule has 0 saturated carbocycles. The van der Waals surface area contributed by atoms with E-state index in [0.29, 0.717) is 25.1 Å². The van der Waals surface area contributed by atoms with Crippen LogP contribution in [0.2, 0.25) is 0 Å². The molecule has 1 aliphatic heterocycles. The molecule has 2 unspecified atom stereocenters. The smallest absolute Gasteiger partial charge is 0.307 e. The van der Waals surface area contributed by atoms with E-state index in [0.717, 1.165) is 12.0 Å². The Morgan fingerprint density at radius 2 is 1.83 bits per heavy atom. The van der Waals surface area contributed by atoms with Crippen molar-refractivity contribution in [3.63, 3.8) is 0 Å². The zero-order valence-electron chi connectivity index (χ0n) is 13.2. The number of rotatable bonds is 4. The van der Waals surface area contributed by atoms with Crippen molar-refractivity contribution in [2.24, 2.45) is 5.92 Å². The van der Waals surface area contributed by atoms with Crippen LogP contribution in [-0.4, -0.2) is 29.1 Å². The molecule has 0 aromatic heterocycles. The van der Waals surface area contributed by atoms with Crippen LogP contribution < -0.4 is 0 Å². The second kappa shape index (κ2) is 7.09. The van der Waals surface area contributed by atoms with Crippen molar-refractivity contribution >= 4 is 5.97 Å². The molecule has 1 heterocycles. The molecular formula is C19H19F2NO2. The lowest BCUT2D eigenvalue weighted by molar-refractivity contribution is -0.143. The number of carboxylic acid groups (broad SMARTS) is 1. The van der Waals surface area contributed by atoms with E-state index in [4.69, 9.17) is 0 Å². The van der Waals surface area contributed by atoms with Gasteiger partial charge < -0.3 is 5.11 Å². The molecule has 24 heavy (non-hydrogen) atoms. The first-order valence-corrected chi connectivity index (χ1v) is 8.03. The van der Waals surface area contributed by atoms with Gasteiger partial charge in [0.1, 0.15) is 11.6 Å². The number of halogens is 2. The van der Waals surface area contributed by atoms with Gasteiger partial charge in [0.05, 0.1) is 12.0 Å². The van der Waals surface area contributed by atoms with Gasteiger partial charge in [0, 0.05) is 12.1 Å². The molecule has 3 rings (SSSR count). The predicted octanol–water partition coefficient (Wildman–Crippen LogP) is 3.85. The molecule has 0 aliphatic carbocycles. The molecule has 2 aromatic carbocycles. The maximum Gasteiger partial charge on any atom is 0.307 e. The van der Waals surface area contributed by atoms with Gasteiger partial charge in [0.2, 0.25) is 0 Å². The van der Waals surface area contributed by atoms with Crippen LogP contribution >= 0.6 is 0 Å². The van der Waals surface area contributed by atoms with Gasteiger partial charge in [0.15, 0.2) is 0 Å². The zero-order valence-corrected chi connectivity index (χ0v) is 13.2. The normalized spacial score (nSPS) is 19.8. The Bertz CT molecular complexity index is 718. The third-order valence-electron chi connectivity index (χ3n) is 4.55. The summed E-state index contributed by atoms with van der Waals surface area (Å²) in [6.07, 6.45) is 1.36. The first-order chi connectivity index (χ1) is 11.6. The number of carboxylic acids is 1. The van der Waals surface area contributed by atoms with Gasteiger partial charge in [-0.05, 0) is 43.1 Å². The average molecular weight is 331 g/mol. The van der Waals surface area contributed by atoms with Crippen LogP contribution in [0.3, 0.4) is 0 Å². The van der Waals surface area contributed by atoms with E-state index < -0.39 is 17.9 Å². The molecular weight excluding hydrogens is 312 g/mol. The fourth-order valence-electron chi connectivity index (χ4n) is 3.37. The minimum atomic E-state index is -0.828. The van der Waals surface area contributed by atoms with Crippen LogP contribution in [0.15, 0.2) is 48.5 Å². The molecule has 2 aromatic rings. The Morgan fingerprint density at radius 1 is 1.12 bits per heavy atom. The summed E-state index contributed by atoms with van der Waals surface area (Å²) in [5, 5.41) is 9.32. The summed E-state index contributed by atoms with van der Waals surface area (Å²) in [7, 11) is 0. The quantitative estimate of drug-likeness (QED) is 0.925. The highest BCUT2D eigenvalue weighted by molar-refractivity contribution is 5.70.